The van der Waals surface area contributed by atoms with E-state index in [0.717, 1.165) is 0 Å². The predicted octanol–water partition coefficient (Wildman–Crippen LogP) is 1.73. The molecule has 1 aromatic carbocycles. The Morgan fingerprint density at radius 2 is 1.90 bits per heavy atom. The molecule has 0 N–H and O–H groups in total. The number of hydrogen-bond donors (Lipinski definition) is 0. The summed E-state index contributed by atoms with van der Waals surface area (Å²) in [5, 5.41) is 0. The third-order valence-electron chi connectivity index (χ3n) is 1.08. The minimum absolute atomic E-state index is 0.213. The molecule has 0 radical (unpaired) electrons. The average molecular weight is 140 g/mol. The molecule has 0 aliphatic heterocycles. The van der Waals surface area contributed by atoms with Crippen molar-refractivity contribution in [3.63, 3.8) is 0 Å². The van der Waals surface area contributed by atoms with Gasteiger partial charge in [0.2, 0.25) is 0 Å². The van der Waals surface area contributed by atoms with Crippen LogP contribution in [0.1, 0.15) is 10.4 Å². The summed E-state index contributed by atoms with van der Waals surface area (Å²) in [5.74, 6) is -0.958. The smallest absolute Gasteiger partial charge is 0.249 e. The van der Waals surface area contributed by atoms with Crippen molar-refractivity contribution in [1.82, 2.24) is 0 Å². The molecule has 10 heavy (non-hydrogen) atoms. The Kier molecular flexibility index (Phi) is 1.99. The van der Waals surface area contributed by atoms with Gasteiger partial charge in [-0.3, -0.25) is 0 Å². The molecule has 0 saturated heterocycles. The van der Waals surface area contributed by atoms with Gasteiger partial charge in [-0.1, -0.05) is 18.2 Å². The zero-order valence-corrected chi connectivity index (χ0v) is 5.08. The van der Waals surface area contributed by atoms with Gasteiger partial charge < -0.3 is 0 Å². The van der Waals surface area contributed by atoms with Crippen molar-refractivity contribution < 1.29 is 14.3 Å². The Morgan fingerprint density at radius 3 is 2.40 bits per heavy atom. The Bertz CT molecular complexity index is 220. The van der Waals surface area contributed by atoms with Crippen LogP contribution in [0.25, 0.3) is 0 Å². The first kappa shape index (κ1) is 6.74. The second-order valence-corrected chi connectivity index (χ2v) is 1.73. The zero-order valence-electron chi connectivity index (χ0n) is 5.08. The molecule has 3 heteroatoms. The van der Waals surface area contributed by atoms with Gasteiger partial charge in [0.05, 0.1) is 5.56 Å². The van der Waals surface area contributed by atoms with Crippen LogP contribution in [0.15, 0.2) is 30.3 Å². The summed E-state index contributed by atoms with van der Waals surface area (Å²) in [6.45, 7) is 0. The summed E-state index contributed by atoms with van der Waals surface area (Å²) in [7, 11) is 0. The molecule has 0 saturated carbocycles. The second-order valence-electron chi connectivity index (χ2n) is 1.73. The quantitative estimate of drug-likeness (QED) is 0.593. The molecule has 0 bridgehead atoms. The number of hydrogen-bond acceptors (Lipinski definition) is 2. The third kappa shape index (κ3) is 1.31. The lowest BCUT2D eigenvalue weighted by atomic mass is 10.2. The van der Waals surface area contributed by atoms with Crippen LogP contribution in [0.3, 0.4) is 0 Å². The van der Waals surface area contributed by atoms with E-state index in [0.29, 0.717) is 0 Å². The number of carbonyl (C=O) groups excluding carboxylic acids is 1. The van der Waals surface area contributed by atoms with Gasteiger partial charge in [0.1, 0.15) is 0 Å². The van der Waals surface area contributed by atoms with Gasteiger partial charge in [0.25, 0.3) is 0 Å². The van der Waals surface area contributed by atoms with Crippen molar-refractivity contribution in [2.75, 3.05) is 0 Å². The molecule has 0 unspecified atom stereocenters. The monoisotopic (exact) mass is 140 g/mol. The van der Waals surface area contributed by atoms with E-state index < -0.39 is 5.97 Å². The fraction of sp³-hybridized carbons (Fsp3) is 0. The molecular weight excluding hydrogens is 135 g/mol. The zero-order chi connectivity index (χ0) is 7.40. The third-order valence-corrected chi connectivity index (χ3v) is 1.08. The lowest BCUT2D eigenvalue weighted by Gasteiger charge is -1.90. The van der Waals surface area contributed by atoms with Gasteiger partial charge in [0.15, 0.2) is 0 Å². The van der Waals surface area contributed by atoms with Crippen molar-refractivity contribution in [3.05, 3.63) is 35.9 Å². The predicted molar refractivity (Wildman–Crippen MR) is 33.0 cm³/mol. The van der Waals surface area contributed by atoms with Gasteiger partial charge >= 0.3 is 5.97 Å². The first-order chi connectivity index (χ1) is 4.84. The van der Waals surface area contributed by atoms with Crippen molar-refractivity contribution in [2.24, 2.45) is 0 Å². The molecule has 1 aromatic rings. The summed E-state index contributed by atoms with van der Waals surface area (Å²) in [4.78, 5) is 13.4. The fourth-order valence-electron chi connectivity index (χ4n) is 0.619. The summed E-state index contributed by atoms with van der Waals surface area (Å²) < 4.78 is 11.2. The topological polar surface area (TPSA) is 26.3 Å². The first-order valence-electron chi connectivity index (χ1n) is 2.72. The standard InChI is InChI=1S/C7H5FO2/c8-10-7(9)6-4-2-1-3-5-6/h1-5H. The Labute approximate surface area is 57.1 Å². The summed E-state index contributed by atoms with van der Waals surface area (Å²) in [6, 6.07) is 7.94. The Balaban J connectivity index is 2.85. The van der Waals surface area contributed by atoms with Gasteiger partial charge in [-0.2, -0.15) is 0 Å². The molecule has 0 spiro atoms. The molecule has 0 atom stereocenters. The molecule has 0 fully saturated rings. The average Bonchev–Trinajstić information content (AvgIpc) is 2.05. The van der Waals surface area contributed by atoms with E-state index in [9.17, 15) is 9.32 Å². The number of carbonyl (C=O) groups is 1. The number of halogens is 1. The van der Waals surface area contributed by atoms with E-state index >= 15 is 0 Å². The van der Waals surface area contributed by atoms with E-state index in [1.807, 2.05) is 0 Å². The maximum Gasteiger partial charge on any atom is 0.379 e. The van der Waals surface area contributed by atoms with Crippen molar-refractivity contribution in [2.45, 2.75) is 0 Å². The van der Waals surface area contributed by atoms with E-state index in [2.05, 4.69) is 4.94 Å². The minimum atomic E-state index is -0.958. The lowest BCUT2D eigenvalue weighted by Crippen LogP contribution is -1.96. The molecule has 0 amide bonds. The number of benzene rings is 1. The molecule has 0 aliphatic carbocycles. The molecule has 1 rings (SSSR count). The van der Waals surface area contributed by atoms with Gasteiger partial charge in [-0.15, -0.1) is 0 Å². The SMILES string of the molecule is O=C(OF)c1ccccc1. The summed E-state index contributed by atoms with van der Waals surface area (Å²) in [6.07, 6.45) is 0. The Hall–Kier alpha value is -1.38. The molecular formula is C7H5FO2. The van der Waals surface area contributed by atoms with Crippen LogP contribution in [0, 0.1) is 0 Å². The second kappa shape index (κ2) is 2.96. The van der Waals surface area contributed by atoms with E-state index in [4.69, 9.17) is 0 Å². The van der Waals surface area contributed by atoms with Crippen molar-refractivity contribution in [3.8, 4) is 0 Å². The van der Waals surface area contributed by atoms with E-state index in [1.54, 1.807) is 18.2 Å². The van der Waals surface area contributed by atoms with Crippen LogP contribution in [0.4, 0.5) is 4.53 Å². The van der Waals surface area contributed by atoms with Gasteiger partial charge in [-0.05, 0) is 12.1 Å². The van der Waals surface area contributed by atoms with Crippen LogP contribution < -0.4 is 0 Å². The number of rotatable bonds is 1. The minimum Gasteiger partial charge on any atom is -0.249 e. The highest BCUT2D eigenvalue weighted by Gasteiger charge is 2.04. The highest BCUT2D eigenvalue weighted by molar-refractivity contribution is 5.88. The first-order valence-corrected chi connectivity index (χ1v) is 2.72. The van der Waals surface area contributed by atoms with Gasteiger partial charge in [-0.25, -0.2) is 9.74 Å². The molecule has 2 nitrogen and oxygen atoms in total. The van der Waals surface area contributed by atoms with Crippen molar-refractivity contribution >= 4 is 5.97 Å². The maximum atomic E-state index is 11.2. The maximum absolute atomic E-state index is 11.2. The summed E-state index contributed by atoms with van der Waals surface area (Å²) in [5.41, 5.74) is 0.213. The fourth-order valence-corrected chi connectivity index (χ4v) is 0.619. The van der Waals surface area contributed by atoms with Crippen LogP contribution in [-0.4, -0.2) is 5.97 Å². The highest BCUT2D eigenvalue weighted by atomic mass is 19.3. The van der Waals surface area contributed by atoms with Crippen LogP contribution in [0.5, 0.6) is 0 Å². The molecule has 0 aliphatic rings. The highest BCUT2D eigenvalue weighted by Crippen LogP contribution is 2.00. The van der Waals surface area contributed by atoms with E-state index in [1.165, 1.54) is 12.1 Å². The molecule has 0 aromatic heterocycles. The largest absolute Gasteiger partial charge is 0.379 e. The van der Waals surface area contributed by atoms with Crippen LogP contribution >= 0.6 is 0 Å². The van der Waals surface area contributed by atoms with Crippen LogP contribution in [0.2, 0.25) is 0 Å². The lowest BCUT2D eigenvalue weighted by molar-refractivity contribution is -0.0788. The molecule has 52 valence electrons. The summed E-state index contributed by atoms with van der Waals surface area (Å²) >= 11 is 0. The van der Waals surface area contributed by atoms with Gasteiger partial charge in [0, 0.05) is 4.53 Å². The van der Waals surface area contributed by atoms with Crippen molar-refractivity contribution in [1.29, 1.82) is 0 Å². The normalized spacial score (nSPS) is 8.90. The van der Waals surface area contributed by atoms with E-state index in [-0.39, 0.29) is 5.56 Å². The molecule has 0 heterocycles. The Morgan fingerprint density at radius 1 is 1.30 bits per heavy atom. The van der Waals surface area contributed by atoms with Crippen LogP contribution in [-0.2, 0) is 4.94 Å².